The Kier molecular flexibility index (Phi) is 5.55. The Labute approximate surface area is 108 Å². The lowest BCUT2D eigenvalue weighted by molar-refractivity contribution is 0.540. The molecular weight excluding hydrogens is 260 g/mol. The molecule has 2 N–H and O–H groups in total. The van der Waals surface area contributed by atoms with Crippen LogP contribution in [0.1, 0.15) is 19.8 Å². The Morgan fingerprint density at radius 1 is 1.50 bits per heavy atom. The molecule has 0 aliphatic rings. The van der Waals surface area contributed by atoms with Gasteiger partial charge in [0.2, 0.25) is 0 Å². The van der Waals surface area contributed by atoms with Gasteiger partial charge in [-0.3, -0.25) is 0 Å². The summed E-state index contributed by atoms with van der Waals surface area (Å²) in [6.07, 6.45) is 3.62. The Morgan fingerprint density at radius 3 is 2.75 bits per heavy atom. The summed E-state index contributed by atoms with van der Waals surface area (Å²) in [6, 6.07) is 2.09. The highest BCUT2D eigenvalue weighted by molar-refractivity contribution is 8.02. The van der Waals surface area contributed by atoms with Crippen LogP contribution in [0.25, 0.3) is 0 Å². The summed E-state index contributed by atoms with van der Waals surface area (Å²) in [7, 11) is 0. The molecule has 0 spiro atoms. The largest absolute Gasteiger partial charge is 0.314 e. The number of rotatable bonds is 6. The van der Waals surface area contributed by atoms with E-state index < -0.39 is 5.54 Å². The number of nitrogens with two attached hydrogens (primary N) is 1. The van der Waals surface area contributed by atoms with Gasteiger partial charge in [0.15, 0.2) is 8.68 Å². The molecule has 0 aliphatic heterocycles. The highest BCUT2D eigenvalue weighted by Gasteiger charge is 2.16. The summed E-state index contributed by atoms with van der Waals surface area (Å²) in [5.41, 5.74) is 5.02. The average molecular weight is 274 g/mol. The van der Waals surface area contributed by atoms with Crippen LogP contribution >= 0.6 is 34.9 Å². The van der Waals surface area contributed by atoms with Crippen molar-refractivity contribution in [3.63, 3.8) is 0 Å². The molecule has 88 valence electrons. The van der Waals surface area contributed by atoms with Crippen molar-refractivity contribution in [1.29, 1.82) is 5.26 Å². The fraction of sp³-hybridized carbons (Fsp3) is 0.667. The first-order valence-corrected chi connectivity index (χ1v) is 7.80. The molecule has 1 aromatic rings. The van der Waals surface area contributed by atoms with Crippen LogP contribution in [0.15, 0.2) is 8.68 Å². The Bertz CT molecular complexity index is 369. The van der Waals surface area contributed by atoms with E-state index in [4.69, 9.17) is 11.0 Å². The van der Waals surface area contributed by atoms with Gasteiger partial charge in [-0.25, -0.2) is 0 Å². The Balaban J connectivity index is 2.24. The summed E-state index contributed by atoms with van der Waals surface area (Å²) >= 11 is 4.88. The molecule has 4 nitrogen and oxygen atoms in total. The fourth-order valence-corrected chi connectivity index (χ4v) is 3.44. The molecule has 0 aromatic carbocycles. The minimum atomic E-state index is -0.702. The van der Waals surface area contributed by atoms with Crippen LogP contribution in [0, 0.1) is 11.3 Å². The summed E-state index contributed by atoms with van der Waals surface area (Å²) in [4.78, 5) is 0. The summed E-state index contributed by atoms with van der Waals surface area (Å²) in [6.45, 7) is 1.76. The van der Waals surface area contributed by atoms with Gasteiger partial charge in [-0.1, -0.05) is 34.9 Å². The van der Waals surface area contributed by atoms with Crippen LogP contribution in [-0.2, 0) is 0 Å². The second-order valence-electron chi connectivity index (χ2n) is 3.52. The van der Waals surface area contributed by atoms with Gasteiger partial charge >= 0.3 is 0 Å². The number of thioether (sulfide) groups is 2. The first-order valence-electron chi connectivity index (χ1n) is 4.78. The maximum absolute atomic E-state index is 8.74. The Hall–Kier alpha value is -0.290. The van der Waals surface area contributed by atoms with Gasteiger partial charge in [-0.15, -0.1) is 10.2 Å². The van der Waals surface area contributed by atoms with E-state index in [-0.39, 0.29) is 0 Å². The smallest absolute Gasteiger partial charge is 0.175 e. The van der Waals surface area contributed by atoms with E-state index >= 15 is 0 Å². The molecule has 1 unspecified atom stereocenters. The van der Waals surface area contributed by atoms with E-state index in [1.54, 1.807) is 41.8 Å². The van der Waals surface area contributed by atoms with E-state index in [2.05, 4.69) is 16.3 Å². The third-order valence-electron chi connectivity index (χ3n) is 1.88. The molecule has 1 atom stereocenters. The maximum Gasteiger partial charge on any atom is 0.175 e. The zero-order chi connectivity index (χ0) is 12.0. The van der Waals surface area contributed by atoms with Crippen LogP contribution in [0.2, 0.25) is 0 Å². The van der Waals surface area contributed by atoms with Gasteiger partial charge in [-0.2, -0.15) is 5.26 Å². The third-order valence-corrected chi connectivity index (χ3v) is 5.00. The predicted octanol–water partition coefficient (Wildman–Crippen LogP) is 2.37. The molecule has 0 aliphatic carbocycles. The predicted molar refractivity (Wildman–Crippen MR) is 69.9 cm³/mol. The lowest BCUT2D eigenvalue weighted by Gasteiger charge is -2.13. The van der Waals surface area contributed by atoms with Gasteiger partial charge in [0.25, 0.3) is 0 Å². The third kappa shape index (κ3) is 4.70. The highest BCUT2D eigenvalue weighted by atomic mass is 32.2. The lowest BCUT2D eigenvalue weighted by Crippen LogP contribution is -2.33. The molecule has 1 rings (SSSR count). The molecule has 0 fully saturated rings. The van der Waals surface area contributed by atoms with Crippen molar-refractivity contribution in [2.75, 3.05) is 12.0 Å². The van der Waals surface area contributed by atoms with Crippen molar-refractivity contribution in [3.8, 4) is 6.07 Å². The van der Waals surface area contributed by atoms with Gasteiger partial charge < -0.3 is 5.73 Å². The molecule has 0 amide bonds. The number of hydrogen-bond donors (Lipinski definition) is 1. The van der Waals surface area contributed by atoms with E-state index in [1.807, 2.05) is 6.26 Å². The molecule has 1 heterocycles. The number of aromatic nitrogens is 2. The molecule has 0 radical (unpaired) electrons. The minimum Gasteiger partial charge on any atom is -0.314 e. The quantitative estimate of drug-likeness (QED) is 0.634. The first-order chi connectivity index (χ1) is 7.57. The summed E-state index contributed by atoms with van der Waals surface area (Å²) in [5, 5.41) is 16.8. The van der Waals surface area contributed by atoms with Crippen molar-refractivity contribution < 1.29 is 0 Å². The van der Waals surface area contributed by atoms with Gasteiger partial charge in [0.1, 0.15) is 5.54 Å². The fourth-order valence-electron chi connectivity index (χ4n) is 0.993. The molecule has 0 saturated carbocycles. The van der Waals surface area contributed by atoms with E-state index in [1.165, 1.54) is 0 Å². The van der Waals surface area contributed by atoms with Crippen LogP contribution in [0.3, 0.4) is 0 Å². The monoisotopic (exact) mass is 274 g/mol. The minimum absolute atomic E-state index is 0.702. The molecule has 16 heavy (non-hydrogen) atoms. The molecule has 7 heteroatoms. The molecule has 0 bridgehead atoms. The van der Waals surface area contributed by atoms with Crippen molar-refractivity contribution >= 4 is 34.9 Å². The van der Waals surface area contributed by atoms with E-state index in [0.717, 1.165) is 20.9 Å². The van der Waals surface area contributed by atoms with Crippen molar-refractivity contribution in [3.05, 3.63) is 0 Å². The zero-order valence-electron chi connectivity index (χ0n) is 9.27. The molecule has 1 aromatic heterocycles. The molecule has 0 saturated heterocycles. The lowest BCUT2D eigenvalue weighted by atomic mass is 10.0. The van der Waals surface area contributed by atoms with Crippen molar-refractivity contribution in [2.24, 2.45) is 5.73 Å². The number of hydrogen-bond acceptors (Lipinski definition) is 7. The average Bonchev–Trinajstić information content (AvgIpc) is 2.72. The zero-order valence-corrected chi connectivity index (χ0v) is 11.7. The van der Waals surface area contributed by atoms with Crippen LogP contribution in [-0.4, -0.2) is 27.7 Å². The van der Waals surface area contributed by atoms with E-state index in [0.29, 0.717) is 6.42 Å². The first kappa shape index (κ1) is 13.8. The van der Waals surface area contributed by atoms with Gasteiger partial charge in [0.05, 0.1) is 6.07 Å². The second-order valence-corrected chi connectivity index (χ2v) is 6.89. The standard InChI is InChI=1S/C9H14N4S3/c1-9(11,6-10)4-3-5-15-8-13-12-7(14-2)16-8/h3-5,11H2,1-2H3. The van der Waals surface area contributed by atoms with Crippen molar-refractivity contribution in [2.45, 2.75) is 34.0 Å². The number of nitriles is 1. The SMILES string of the molecule is CSc1nnc(SCCCC(C)(N)C#N)s1. The normalized spacial score (nSPS) is 14.4. The summed E-state index contributed by atoms with van der Waals surface area (Å²) < 4.78 is 1.98. The maximum atomic E-state index is 8.74. The summed E-state index contributed by atoms with van der Waals surface area (Å²) in [5.74, 6) is 0.928. The van der Waals surface area contributed by atoms with Crippen LogP contribution < -0.4 is 5.73 Å². The highest BCUT2D eigenvalue weighted by Crippen LogP contribution is 2.28. The van der Waals surface area contributed by atoms with Crippen LogP contribution in [0.5, 0.6) is 0 Å². The van der Waals surface area contributed by atoms with Gasteiger partial charge in [-0.05, 0) is 26.0 Å². The molecular formula is C9H14N4S3. The van der Waals surface area contributed by atoms with E-state index in [9.17, 15) is 0 Å². The topological polar surface area (TPSA) is 75.6 Å². The van der Waals surface area contributed by atoms with Crippen molar-refractivity contribution in [1.82, 2.24) is 10.2 Å². The second kappa shape index (κ2) is 6.45. The Morgan fingerprint density at radius 2 is 2.19 bits per heavy atom. The number of nitrogens with zero attached hydrogens (tertiary/aromatic N) is 3. The van der Waals surface area contributed by atoms with Gasteiger partial charge in [0, 0.05) is 5.75 Å². The van der Waals surface area contributed by atoms with Crippen LogP contribution in [0.4, 0.5) is 0 Å².